The van der Waals surface area contributed by atoms with Crippen LogP contribution in [0.5, 0.6) is 5.75 Å². The molecule has 0 aliphatic rings. The van der Waals surface area contributed by atoms with Crippen LogP contribution in [0.15, 0.2) is 90.3 Å². The summed E-state index contributed by atoms with van der Waals surface area (Å²) in [7, 11) is 0. The largest absolute Gasteiger partial charge is 0.488 e. The first-order valence-corrected chi connectivity index (χ1v) is 9.77. The van der Waals surface area contributed by atoms with E-state index in [1.54, 1.807) is 11.3 Å². The second kappa shape index (κ2) is 8.21. The monoisotopic (exact) mass is 372 g/mol. The van der Waals surface area contributed by atoms with Crippen molar-refractivity contribution in [2.75, 3.05) is 0 Å². The third-order valence-corrected chi connectivity index (χ3v) is 5.44. The molecule has 0 aliphatic heterocycles. The zero-order chi connectivity index (χ0) is 18.5. The molecule has 0 radical (unpaired) electrons. The Morgan fingerprint density at radius 1 is 0.704 bits per heavy atom. The zero-order valence-electron chi connectivity index (χ0n) is 14.8. The Hall–Kier alpha value is -2.88. The summed E-state index contributed by atoms with van der Waals surface area (Å²) >= 11 is 1.72. The molecule has 4 aromatic rings. The van der Waals surface area contributed by atoms with Crippen molar-refractivity contribution in [3.05, 3.63) is 101 Å². The fourth-order valence-corrected chi connectivity index (χ4v) is 3.97. The minimum atomic E-state index is 0.0632. The highest BCUT2D eigenvalue weighted by atomic mass is 32.1. The molecule has 0 saturated heterocycles. The Bertz CT molecular complexity index is 1000. The van der Waals surface area contributed by atoms with Crippen LogP contribution in [0.2, 0.25) is 0 Å². The summed E-state index contributed by atoms with van der Waals surface area (Å²) < 4.78 is 6.15. The van der Waals surface area contributed by atoms with Crippen LogP contribution >= 0.6 is 11.3 Å². The van der Waals surface area contributed by atoms with Crippen molar-refractivity contribution < 1.29 is 9.84 Å². The quantitative estimate of drug-likeness (QED) is 0.440. The summed E-state index contributed by atoms with van der Waals surface area (Å²) in [6.07, 6.45) is 0. The van der Waals surface area contributed by atoms with E-state index in [9.17, 15) is 5.11 Å². The molecular weight excluding hydrogens is 352 g/mol. The third kappa shape index (κ3) is 3.95. The van der Waals surface area contributed by atoms with Crippen molar-refractivity contribution in [2.45, 2.75) is 13.2 Å². The van der Waals surface area contributed by atoms with E-state index in [0.29, 0.717) is 6.61 Å². The van der Waals surface area contributed by atoms with Crippen molar-refractivity contribution in [3.63, 3.8) is 0 Å². The van der Waals surface area contributed by atoms with Crippen LogP contribution in [-0.4, -0.2) is 5.11 Å². The van der Waals surface area contributed by atoms with E-state index in [2.05, 4.69) is 41.8 Å². The minimum Gasteiger partial charge on any atom is -0.488 e. The number of para-hydroxylation sites is 1. The van der Waals surface area contributed by atoms with Gasteiger partial charge in [-0.05, 0) is 34.2 Å². The summed E-state index contributed by atoms with van der Waals surface area (Å²) in [5.74, 6) is 0.882. The molecule has 0 spiro atoms. The molecule has 1 aromatic heterocycles. The Balaban J connectivity index is 1.65. The summed E-state index contributed by atoms with van der Waals surface area (Å²) in [5.41, 5.74) is 5.48. The highest BCUT2D eigenvalue weighted by molar-refractivity contribution is 7.14. The average molecular weight is 372 g/mol. The molecule has 3 heteroatoms. The van der Waals surface area contributed by atoms with Gasteiger partial charge in [-0.1, -0.05) is 72.8 Å². The van der Waals surface area contributed by atoms with Gasteiger partial charge in [0.15, 0.2) is 0 Å². The van der Waals surface area contributed by atoms with Crippen molar-refractivity contribution in [1.82, 2.24) is 0 Å². The lowest BCUT2D eigenvalue weighted by atomic mass is 10.0. The van der Waals surface area contributed by atoms with Gasteiger partial charge < -0.3 is 9.84 Å². The predicted molar refractivity (Wildman–Crippen MR) is 112 cm³/mol. The van der Waals surface area contributed by atoms with Crippen LogP contribution in [-0.2, 0) is 13.2 Å². The lowest BCUT2D eigenvalue weighted by Crippen LogP contribution is -1.96. The molecule has 134 valence electrons. The molecule has 0 fully saturated rings. The smallest absolute Gasteiger partial charge is 0.127 e. The van der Waals surface area contributed by atoms with Crippen LogP contribution in [0.1, 0.15) is 11.1 Å². The number of rotatable bonds is 6. The maximum absolute atomic E-state index is 9.27. The van der Waals surface area contributed by atoms with E-state index < -0.39 is 0 Å². The van der Waals surface area contributed by atoms with E-state index in [4.69, 9.17) is 4.74 Å². The topological polar surface area (TPSA) is 29.5 Å². The summed E-state index contributed by atoms with van der Waals surface area (Å²) in [6, 6.07) is 28.6. The van der Waals surface area contributed by atoms with Gasteiger partial charge in [-0.15, -0.1) is 11.3 Å². The minimum absolute atomic E-state index is 0.0632. The van der Waals surface area contributed by atoms with Gasteiger partial charge in [-0.25, -0.2) is 0 Å². The maximum atomic E-state index is 9.27. The summed E-state index contributed by atoms with van der Waals surface area (Å²) in [4.78, 5) is 1.20. The number of thiophene rings is 1. The Morgan fingerprint density at radius 3 is 2.22 bits per heavy atom. The maximum Gasteiger partial charge on any atom is 0.127 e. The number of ether oxygens (including phenoxy) is 1. The Kier molecular flexibility index (Phi) is 5.33. The highest BCUT2D eigenvalue weighted by Gasteiger charge is 2.13. The van der Waals surface area contributed by atoms with Gasteiger partial charge in [0.05, 0.1) is 6.61 Å². The van der Waals surface area contributed by atoms with Gasteiger partial charge in [0, 0.05) is 16.0 Å². The van der Waals surface area contributed by atoms with Crippen LogP contribution in [0, 0.1) is 0 Å². The fourth-order valence-electron chi connectivity index (χ4n) is 3.06. The molecule has 0 saturated carbocycles. The van der Waals surface area contributed by atoms with Gasteiger partial charge in [0.1, 0.15) is 12.4 Å². The summed E-state index contributed by atoms with van der Waals surface area (Å²) in [6.45, 7) is 0.607. The molecule has 1 heterocycles. The zero-order valence-corrected chi connectivity index (χ0v) is 15.7. The average Bonchev–Trinajstić information content (AvgIpc) is 3.23. The lowest BCUT2D eigenvalue weighted by molar-refractivity contribution is 0.282. The lowest BCUT2D eigenvalue weighted by Gasteiger charge is -2.13. The Labute approximate surface area is 163 Å². The molecule has 2 nitrogen and oxygen atoms in total. The molecule has 0 amide bonds. The van der Waals surface area contributed by atoms with Gasteiger partial charge in [0.2, 0.25) is 0 Å². The summed E-state index contributed by atoms with van der Waals surface area (Å²) in [5, 5.41) is 11.4. The van der Waals surface area contributed by atoms with Gasteiger partial charge in [-0.2, -0.15) is 0 Å². The van der Waals surface area contributed by atoms with Gasteiger partial charge >= 0.3 is 0 Å². The van der Waals surface area contributed by atoms with E-state index in [1.807, 2.05) is 48.5 Å². The highest BCUT2D eigenvalue weighted by Crippen LogP contribution is 2.40. The third-order valence-electron chi connectivity index (χ3n) is 4.48. The van der Waals surface area contributed by atoms with Crippen molar-refractivity contribution in [3.8, 4) is 27.3 Å². The second-order valence-corrected chi connectivity index (χ2v) is 7.20. The number of benzene rings is 3. The van der Waals surface area contributed by atoms with Crippen LogP contribution in [0.25, 0.3) is 21.6 Å². The number of aliphatic hydroxyl groups is 1. The first kappa shape index (κ1) is 17.5. The van der Waals surface area contributed by atoms with E-state index in [-0.39, 0.29) is 6.61 Å². The van der Waals surface area contributed by atoms with Gasteiger partial charge in [-0.3, -0.25) is 0 Å². The number of aliphatic hydroxyl groups excluding tert-OH is 1. The van der Waals surface area contributed by atoms with Crippen molar-refractivity contribution in [2.24, 2.45) is 0 Å². The van der Waals surface area contributed by atoms with Crippen LogP contribution in [0.4, 0.5) is 0 Å². The molecule has 4 rings (SSSR count). The van der Waals surface area contributed by atoms with Gasteiger partial charge in [0.25, 0.3) is 0 Å². The number of hydrogen-bond donors (Lipinski definition) is 1. The molecule has 0 atom stereocenters. The Morgan fingerprint density at radius 2 is 1.44 bits per heavy atom. The van der Waals surface area contributed by atoms with Crippen molar-refractivity contribution >= 4 is 11.3 Å². The first-order chi connectivity index (χ1) is 13.3. The van der Waals surface area contributed by atoms with Crippen LogP contribution in [0.3, 0.4) is 0 Å². The first-order valence-electron chi connectivity index (χ1n) is 8.89. The normalized spacial score (nSPS) is 10.7. The van der Waals surface area contributed by atoms with E-state index in [0.717, 1.165) is 28.0 Å². The molecule has 0 unspecified atom stereocenters. The second-order valence-electron chi connectivity index (χ2n) is 6.29. The molecule has 3 aromatic carbocycles. The fraction of sp³-hybridized carbons (Fsp3) is 0.0833. The van der Waals surface area contributed by atoms with Crippen LogP contribution < -0.4 is 4.74 Å². The SMILES string of the molecule is OCc1ccc(-c2sccc2-c2ccccc2OCc2ccccc2)cc1. The van der Waals surface area contributed by atoms with E-state index in [1.165, 1.54) is 10.4 Å². The molecular formula is C24H20O2S. The predicted octanol–water partition coefficient (Wildman–Crippen LogP) is 6.15. The van der Waals surface area contributed by atoms with Crippen molar-refractivity contribution in [1.29, 1.82) is 0 Å². The molecule has 27 heavy (non-hydrogen) atoms. The molecule has 1 N–H and O–H groups in total. The molecule has 0 aliphatic carbocycles. The number of hydrogen-bond acceptors (Lipinski definition) is 3. The molecule has 0 bridgehead atoms. The van der Waals surface area contributed by atoms with E-state index >= 15 is 0 Å². The standard InChI is InChI=1S/C24H20O2S/c25-16-18-10-12-20(13-11-18)24-22(14-15-27-24)21-8-4-5-9-23(21)26-17-19-6-2-1-3-7-19/h1-15,25H,16-17H2.